The van der Waals surface area contributed by atoms with Crippen LogP contribution in [0.1, 0.15) is 34.1 Å². The van der Waals surface area contributed by atoms with Crippen LogP contribution in [-0.2, 0) is 9.47 Å². The maximum Gasteiger partial charge on any atom is 0.0704 e. The first-order chi connectivity index (χ1) is 5.68. The van der Waals surface area contributed by atoms with Crippen molar-refractivity contribution in [2.24, 2.45) is 5.92 Å². The second-order valence-electron chi connectivity index (χ2n) is 3.43. The van der Waals surface area contributed by atoms with Crippen molar-refractivity contribution in [3.63, 3.8) is 0 Å². The molecule has 0 saturated carbocycles. The fourth-order valence-electron chi connectivity index (χ4n) is 0.732. The van der Waals surface area contributed by atoms with E-state index in [1.165, 1.54) is 0 Å². The minimum Gasteiger partial charge on any atom is -0.379 e. The second-order valence-corrected chi connectivity index (χ2v) is 3.43. The number of hydrogen-bond donors (Lipinski definition) is 0. The highest BCUT2D eigenvalue weighted by Gasteiger charge is 2.05. The Balaban J connectivity index is 3.08. The largest absolute Gasteiger partial charge is 0.379 e. The van der Waals surface area contributed by atoms with Crippen LogP contribution in [0.5, 0.6) is 0 Å². The van der Waals surface area contributed by atoms with Crippen LogP contribution >= 0.6 is 0 Å². The van der Waals surface area contributed by atoms with Crippen LogP contribution in [0.25, 0.3) is 0 Å². The lowest BCUT2D eigenvalue weighted by atomic mass is 10.1. The molecule has 0 spiro atoms. The lowest BCUT2D eigenvalue weighted by molar-refractivity contribution is -0.00575. The zero-order valence-electron chi connectivity index (χ0n) is 8.80. The lowest BCUT2D eigenvalue weighted by Crippen LogP contribution is -2.18. The van der Waals surface area contributed by atoms with Crippen molar-refractivity contribution < 1.29 is 9.47 Å². The lowest BCUT2D eigenvalue weighted by Gasteiger charge is -2.16. The third-order valence-electron chi connectivity index (χ3n) is 1.90. The van der Waals surface area contributed by atoms with Gasteiger partial charge in [0.2, 0.25) is 0 Å². The molecule has 1 atom stereocenters. The van der Waals surface area contributed by atoms with Gasteiger partial charge in [0.15, 0.2) is 0 Å². The highest BCUT2D eigenvalue weighted by Crippen LogP contribution is 2.04. The zero-order chi connectivity index (χ0) is 9.40. The molecule has 0 N–H and O–H groups in total. The topological polar surface area (TPSA) is 18.5 Å². The average Bonchev–Trinajstić information content (AvgIpc) is 2.03. The first-order valence-electron chi connectivity index (χ1n) is 4.87. The van der Waals surface area contributed by atoms with E-state index in [9.17, 15) is 0 Å². The SMILES string of the molecule is CCCOCCOC(C)C(C)C. The van der Waals surface area contributed by atoms with Gasteiger partial charge in [0.05, 0.1) is 19.3 Å². The molecule has 1 unspecified atom stereocenters. The van der Waals surface area contributed by atoms with Gasteiger partial charge in [0, 0.05) is 6.61 Å². The molecular formula is C10H22O2. The Morgan fingerprint density at radius 1 is 1.00 bits per heavy atom. The third kappa shape index (κ3) is 6.62. The predicted octanol–water partition coefficient (Wildman–Crippen LogP) is 2.47. The first kappa shape index (κ1) is 11.9. The van der Waals surface area contributed by atoms with Crippen LogP contribution in [0.2, 0.25) is 0 Å². The van der Waals surface area contributed by atoms with Crippen molar-refractivity contribution >= 4 is 0 Å². The van der Waals surface area contributed by atoms with Gasteiger partial charge in [0.25, 0.3) is 0 Å². The molecule has 0 rings (SSSR count). The molecule has 12 heavy (non-hydrogen) atoms. The average molecular weight is 174 g/mol. The molecular weight excluding hydrogens is 152 g/mol. The molecule has 0 amide bonds. The zero-order valence-corrected chi connectivity index (χ0v) is 8.80. The van der Waals surface area contributed by atoms with Gasteiger partial charge in [-0.2, -0.15) is 0 Å². The molecule has 0 fully saturated rings. The monoisotopic (exact) mass is 174 g/mol. The van der Waals surface area contributed by atoms with Crippen LogP contribution in [0, 0.1) is 5.92 Å². The molecule has 0 aliphatic rings. The van der Waals surface area contributed by atoms with Crippen molar-refractivity contribution in [1.82, 2.24) is 0 Å². The van der Waals surface area contributed by atoms with Crippen LogP contribution in [0.3, 0.4) is 0 Å². The van der Waals surface area contributed by atoms with E-state index in [0.717, 1.165) is 26.2 Å². The molecule has 2 heteroatoms. The third-order valence-corrected chi connectivity index (χ3v) is 1.90. The minimum absolute atomic E-state index is 0.343. The van der Waals surface area contributed by atoms with Gasteiger partial charge in [-0.25, -0.2) is 0 Å². The van der Waals surface area contributed by atoms with Gasteiger partial charge in [-0.05, 0) is 19.3 Å². The standard InChI is InChI=1S/C10H22O2/c1-5-6-11-7-8-12-10(4)9(2)3/h9-10H,5-8H2,1-4H3. The Morgan fingerprint density at radius 3 is 2.17 bits per heavy atom. The van der Waals surface area contributed by atoms with Gasteiger partial charge >= 0.3 is 0 Å². The molecule has 0 aromatic rings. The Morgan fingerprint density at radius 2 is 1.67 bits per heavy atom. The van der Waals surface area contributed by atoms with Crippen molar-refractivity contribution in [2.45, 2.75) is 40.2 Å². The molecule has 2 nitrogen and oxygen atoms in total. The van der Waals surface area contributed by atoms with Crippen LogP contribution in [-0.4, -0.2) is 25.9 Å². The van der Waals surface area contributed by atoms with Gasteiger partial charge in [-0.15, -0.1) is 0 Å². The minimum atomic E-state index is 0.343. The summed E-state index contributed by atoms with van der Waals surface area (Å²) < 4.78 is 10.8. The van der Waals surface area contributed by atoms with Crippen LogP contribution < -0.4 is 0 Å². The maximum atomic E-state index is 5.52. The Bertz CT molecular complexity index is 91.8. The summed E-state index contributed by atoms with van der Waals surface area (Å²) in [5.41, 5.74) is 0. The molecule has 0 aromatic carbocycles. The first-order valence-corrected chi connectivity index (χ1v) is 4.87. The van der Waals surface area contributed by atoms with Crippen LogP contribution in [0.15, 0.2) is 0 Å². The van der Waals surface area contributed by atoms with E-state index < -0.39 is 0 Å². The van der Waals surface area contributed by atoms with E-state index in [1.54, 1.807) is 0 Å². The normalized spacial score (nSPS) is 13.8. The summed E-state index contributed by atoms with van der Waals surface area (Å²) in [6, 6.07) is 0. The quantitative estimate of drug-likeness (QED) is 0.552. The van der Waals surface area contributed by atoms with E-state index in [0.29, 0.717) is 12.0 Å². The van der Waals surface area contributed by atoms with E-state index in [-0.39, 0.29) is 0 Å². The fourth-order valence-corrected chi connectivity index (χ4v) is 0.732. The summed E-state index contributed by atoms with van der Waals surface area (Å²) >= 11 is 0. The summed E-state index contributed by atoms with van der Waals surface area (Å²) in [6.45, 7) is 10.8. The Labute approximate surface area is 76.3 Å². The summed E-state index contributed by atoms with van der Waals surface area (Å²) in [4.78, 5) is 0. The van der Waals surface area contributed by atoms with E-state index >= 15 is 0 Å². The Kier molecular flexibility index (Phi) is 7.51. The van der Waals surface area contributed by atoms with Crippen molar-refractivity contribution in [3.05, 3.63) is 0 Å². The van der Waals surface area contributed by atoms with Gasteiger partial charge in [0.1, 0.15) is 0 Å². The molecule has 0 radical (unpaired) electrons. The summed E-state index contributed by atoms with van der Waals surface area (Å²) in [5, 5.41) is 0. The summed E-state index contributed by atoms with van der Waals surface area (Å²) in [6.07, 6.45) is 1.43. The van der Waals surface area contributed by atoms with E-state index in [1.807, 2.05) is 0 Å². The highest BCUT2D eigenvalue weighted by atomic mass is 16.5. The molecule has 0 aliphatic carbocycles. The van der Waals surface area contributed by atoms with Crippen LogP contribution in [0.4, 0.5) is 0 Å². The molecule has 0 aromatic heterocycles. The number of hydrogen-bond acceptors (Lipinski definition) is 2. The van der Waals surface area contributed by atoms with Crippen molar-refractivity contribution in [1.29, 1.82) is 0 Å². The highest BCUT2D eigenvalue weighted by molar-refractivity contribution is 4.53. The molecule has 0 aliphatic heterocycles. The summed E-state index contributed by atoms with van der Waals surface area (Å²) in [5.74, 6) is 0.594. The fraction of sp³-hybridized carbons (Fsp3) is 1.00. The molecule has 0 heterocycles. The van der Waals surface area contributed by atoms with Gasteiger partial charge in [-0.1, -0.05) is 20.8 Å². The number of rotatable bonds is 7. The van der Waals surface area contributed by atoms with E-state index in [4.69, 9.17) is 9.47 Å². The molecule has 74 valence electrons. The van der Waals surface area contributed by atoms with Gasteiger partial charge in [-0.3, -0.25) is 0 Å². The summed E-state index contributed by atoms with van der Waals surface area (Å²) in [7, 11) is 0. The smallest absolute Gasteiger partial charge is 0.0704 e. The van der Waals surface area contributed by atoms with Crippen molar-refractivity contribution in [2.75, 3.05) is 19.8 Å². The van der Waals surface area contributed by atoms with Crippen molar-refractivity contribution in [3.8, 4) is 0 Å². The number of ether oxygens (including phenoxy) is 2. The molecule has 0 bridgehead atoms. The van der Waals surface area contributed by atoms with Gasteiger partial charge < -0.3 is 9.47 Å². The maximum absolute atomic E-state index is 5.52. The Hall–Kier alpha value is -0.0800. The predicted molar refractivity (Wildman–Crippen MR) is 51.4 cm³/mol. The molecule has 0 saturated heterocycles. The second kappa shape index (κ2) is 7.56. The van der Waals surface area contributed by atoms with E-state index in [2.05, 4.69) is 27.7 Å².